The largest absolute Gasteiger partial charge is 0.456 e. The van der Waals surface area contributed by atoms with E-state index < -0.39 is 11.9 Å². The number of rotatable bonds is 8. The molecule has 4 fully saturated rings. The number of carbonyl (C=O) groups excluding carboxylic acids is 3. The number of nitriles is 1. The van der Waals surface area contributed by atoms with Gasteiger partial charge in [-0.15, -0.1) is 0 Å². The van der Waals surface area contributed by atoms with E-state index in [1.807, 2.05) is 6.07 Å². The third-order valence-electron chi connectivity index (χ3n) is 6.06. The summed E-state index contributed by atoms with van der Waals surface area (Å²) in [5.74, 6) is 1.28. The van der Waals surface area contributed by atoms with Crippen molar-refractivity contribution in [2.24, 2.45) is 23.2 Å². The maximum Gasteiger partial charge on any atom is 0.308 e. The van der Waals surface area contributed by atoms with Crippen molar-refractivity contribution in [2.75, 3.05) is 19.7 Å². The van der Waals surface area contributed by atoms with E-state index in [0.29, 0.717) is 17.8 Å². The summed E-state index contributed by atoms with van der Waals surface area (Å²) < 4.78 is 4.88. The number of carbonyl (C=O) groups is 3. The van der Waals surface area contributed by atoms with Gasteiger partial charge in [0.1, 0.15) is 0 Å². The average Bonchev–Trinajstić information content (AvgIpc) is 2.59. The van der Waals surface area contributed by atoms with Gasteiger partial charge in [0.05, 0.1) is 18.9 Å². The minimum atomic E-state index is -0.508. The molecule has 4 bridgehead atoms. The number of nitrogens with one attached hydrogen (secondary N) is 2. The van der Waals surface area contributed by atoms with Crippen LogP contribution >= 0.6 is 0 Å². The Morgan fingerprint density at radius 3 is 2.19 bits per heavy atom. The van der Waals surface area contributed by atoms with E-state index in [2.05, 4.69) is 10.6 Å². The Hall–Kier alpha value is -2.10. The summed E-state index contributed by atoms with van der Waals surface area (Å²) >= 11 is 0. The van der Waals surface area contributed by atoms with Crippen LogP contribution in [0.4, 0.5) is 0 Å². The SMILES string of the molecule is N#CCCNC(=O)COC(=O)CCNC(=O)C12CC3CC(CC(C3)C1)C2. The molecule has 0 atom stereocenters. The molecule has 0 aromatic heterocycles. The summed E-state index contributed by atoms with van der Waals surface area (Å²) in [6.07, 6.45) is 7.13. The molecule has 0 spiro atoms. The Morgan fingerprint density at radius 1 is 1.00 bits per heavy atom. The van der Waals surface area contributed by atoms with Crippen LogP contribution < -0.4 is 10.6 Å². The molecule has 0 aromatic carbocycles. The zero-order chi connectivity index (χ0) is 18.6. The van der Waals surface area contributed by atoms with Gasteiger partial charge in [0.15, 0.2) is 6.61 Å². The van der Waals surface area contributed by atoms with Crippen LogP contribution in [0, 0.1) is 34.5 Å². The number of nitrogens with zero attached hydrogens (tertiary/aromatic N) is 1. The topological polar surface area (TPSA) is 108 Å². The van der Waals surface area contributed by atoms with Crippen molar-refractivity contribution in [3.05, 3.63) is 0 Å². The summed E-state index contributed by atoms with van der Waals surface area (Å²) in [6, 6.07) is 1.91. The standard InChI is InChI=1S/C19H27N3O4/c20-3-1-4-21-16(23)12-26-17(24)2-5-22-18(25)19-9-13-6-14(10-19)8-15(7-13)11-19/h13-15H,1-2,4-12H2,(H,21,23)(H,22,25). The van der Waals surface area contributed by atoms with Crippen molar-refractivity contribution in [3.8, 4) is 6.07 Å². The van der Waals surface area contributed by atoms with E-state index in [1.54, 1.807) is 0 Å². The second-order valence-electron chi connectivity index (χ2n) is 8.12. The van der Waals surface area contributed by atoms with Crippen LogP contribution in [-0.4, -0.2) is 37.5 Å². The highest BCUT2D eigenvalue weighted by Crippen LogP contribution is 2.60. The summed E-state index contributed by atoms with van der Waals surface area (Å²) in [4.78, 5) is 35.8. The van der Waals surface area contributed by atoms with Gasteiger partial charge in [0.2, 0.25) is 5.91 Å². The van der Waals surface area contributed by atoms with Gasteiger partial charge in [-0.1, -0.05) is 0 Å². The molecule has 2 N–H and O–H groups in total. The second-order valence-corrected chi connectivity index (χ2v) is 8.12. The highest BCUT2D eigenvalue weighted by Gasteiger charge is 2.54. The van der Waals surface area contributed by atoms with E-state index in [1.165, 1.54) is 19.3 Å². The van der Waals surface area contributed by atoms with Crippen molar-refractivity contribution < 1.29 is 19.1 Å². The van der Waals surface area contributed by atoms with E-state index in [4.69, 9.17) is 10.00 Å². The molecule has 0 saturated heterocycles. The zero-order valence-corrected chi connectivity index (χ0v) is 15.1. The molecular formula is C19H27N3O4. The average molecular weight is 361 g/mol. The minimum Gasteiger partial charge on any atom is -0.456 e. The first-order chi connectivity index (χ1) is 12.5. The molecule has 4 aliphatic rings. The van der Waals surface area contributed by atoms with Crippen LogP contribution in [-0.2, 0) is 19.1 Å². The lowest BCUT2D eigenvalue weighted by molar-refractivity contribution is -0.149. The number of hydrogen-bond acceptors (Lipinski definition) is 5. The lowest BCUT2D eigenvalue weighted by atomic mass is 9.49. The van der Waals surface area contributed by atoms with Crippen molar-refractivity contribution in [1.29, 1.82) is 5.26 Å². The molecule has 4 aliphatic carbocycles. The van der Waals surface area contributed by atoms with Crippen LogP contribution in [0.3, 0.4) is 0 Å². The molecule has 0 aromatic rings. The molecule has 7 nitrogen and oxygen atoms in total. The number of esters is 1. The Kier molecular flexibility index (Phi) is 5.80. The highest BCUT2D eigenvalue weighted by atomic mass is 16.5. The van der Waals surface area contributed by atoms with E-state index in [-0.39, 0.29) is 43.9 Å². The van der Waals surface area contributed by atoms with Gasteiger partial charge in [-0.3, -0.25) is 14.4 Å². The number of amides is 2. The Morgan fingerprint density at radius 2 is 1.62 bits per heavy atom. The molecule has 0 radical (unpaired) electrons. The van der Waals surface area contributed by atoms with Crippen LogP contribution in [0.2, 0.25) is 0 Å². The van der Waals surface area contributed by atoms with Crippen LogP contribution in [0.15, 0.2) is 0 Å². The predicted octanol–water partition coefficient (Wildman–Crippen LogP) is 1.28. The smallest absolute Gasteiger partial charge is 0.308 e. The lowest BCUT2D eigenvalue weighted by Gasteiger charge is -2.55. The second kappa shape index (κ2) is 8.07. The van der Waals surface area contributed by atoms with Crippen molar-refractivity contribution in [2.45, 2.75) is 51.4 Å². The molecule has 0 unspecified atom stereocenters. The molecule has 4 rings (SSSR count). The normalized spacial score (nSPS) is 31.1. The van der Waals surface area contributed by atoms with E-state index in [0.717, 1.165) is 19.3 Å². The third-order valence-corrected chi connectivity index (χ3v) is 6.06. The molecule has 7 heteroatoms. The highest BCUT2D eigenvalue weighted by molar-refractivity contribution is 5.84. The van der Waals surface area contributed by atoms with E-state index in [9.17, 15) is 14.4 Å². The predicted molar refractivity (Wildman–Crippen MR) is 92.4 cm³/mol. The van der Waals surface area contributed by atoms with Crippen LogP contribution in [0.25, 0.3) is 0 Å². The van der Waals surface area contributed by atoms with Gasteiger partial charge in [0.25, 0.3) is 5.91 Å². The van der Waals surface area contributed by atoms with Crippen molar-refractivity contribution in [1.82, 2.24) is 10.6 Å². The number of ether oxygens (including phenoxy) is 1. The number of hydrogen-bond donors (Lipinski definition) is 2. The fourth-order valence-corrected chi connectivity index (χ4v) is 5.38. The van der Waals surface area contributed by atoms with Crippen molar-refractivity contribution in [3.63, 3.8) is 0 Å². The lowest BCUT2D eigenvalue weighted by Crippen LogP contribution is -2.53. The van der Waals surface area contributed by atoms with Crippen molar-refractivity contribution >= 4 is 17.8 Å². The van der Waals surface area contributed by atoms with Crippen LogP contribution in [0.1, 0.15) is 51.4 Å². The van der Waals surface area contributed by atoms with Gasteiger partial charge in [-0.2, -0.15) is 5.26 Å². The third kappa shape index (κ3) is 4.35. The van der Waals surface area contributed by atoms with Gasteiger partial charge < -0.3 is 15.4 Å². The van der Waals surface area contributed by atoms with Gasteiger partial charge >= 0.3 is 5.97 Å². The maximum atomic E-state index is 12.7. The Labute approximate surface area is 153 Å². The zero-order valence-electron chi connectivity index (χ0n) is 15.1. The Balaban J connectivity index is 1.34. The van der Waals surface area contributed by atoms with E-state index >= 15 is 0 Å². The van der Waals surface area contributed by atoms with Gasteiger partial charge in [-0.05, 0) is 56.3 Å². The molecule has 26 heavy (non-hydrogen) atoms. The summed E-state index contributed by atoms with van der Waals surface area (Å²) in [5.41, 5.74) is -0.209. The molecular weight excluding hydrogens is 334 g/mol. The molecule has 142 valence electrons. The fraction of sp³-hybridized carbons (Fsp3) is 0.789. The monoisotopic (exact) mass is 361 g/mol. The quantitative estimate of drug-likeness (QED) is 0.500. The molecule has 4 saturated carbocycles. The summed E-state index contributed by atoms with van der Waals surface area (Å²) in [5, 5.41) is 13.8. The molecule has 0 heterocycles. The van der Waals surface area contributed by atoms with Gasteiger partial charge in [0, 0.05) is 18.5 Å². The fourth-order valence-electron chi connectivity index (χ4n) is 5.38. The first-order valence-corrected chi connectivity index (χ1v) is 9.58. The molecule has 0 aliphatic heterocycles. The minimum absolute atomic E-state index is 0.0591. The Bertz CT molecular complexity index is 575. The summed E-state index contributed by atoms with van der Waals surface area (Å²) in [7, 11) is 0. The maximum absolute atomic E-state index is 12.7. The molecule has 2 amide bonds. The summed E-state index contributed by atoms with van der Waals surface area (Å²) in [6.45, 7) is 0.136. The van der Waals surface area contributed by atoms with Gasteiger partial charge in [-0.25, -0.2) is 0 Å². The first-order valence-electron chi connectivity index (χ1n) is 9.58. The van der Waals surface area contributed by atoms with Crippen LogP contribution in [0.5, 0.6) is 0 Å². The first kappa shape index (κ1) is 18.7.